The van der Waals surface area contributed by atoms with Crippen LogP contribution in [0.3, 0.4) is 0 Å². The molecule has 1 amide bonds. The van der Waals surface area contributed by atoms with Crippen LogP contribution in [0.15, 0.2) is 71.5 Å². The highest BCUT2D eigenvalue weighted by Gasteiger charge is 2.17. The van der Waals surface area contributed by atoms with Crippen molar-refractivity contribution in [1.82, 2.24) is 19.8 Å². The van der Waals surface area contributed by atoms with Gasteiger partial charge in [0, 0.05) is 24.7 Å². The highest BCUT2D eigenvalue weighted by molar-refractivity contribution is 5.86. The second-order valence-corrected chi connectivity index (χ2v) is 10.8. The Labute approximate surface area is 230 Å². The van der Waals surface area contributed by atoms with Crippen LogP contribution in [0.25, 0.3) is 33.4 Å². The smallest absolute Gasteiger partial charge is 0.262 e. The Morgan fingerprint density at radius 2 is 1.69 bits per heavy atom. The lowest BCUT2D eigenvalue weighted by molar-refractivity contribution is -0.122. The molecule has 0 fully saturated rings. The Bertz CT molecular complexity index is 1520. The Morgan fingerprint density at radius 1 is 0.974 bits per heavy atom. The minimum Gasteiger partial charge on any atom is -0.497 e. The number of rotatable bonds is 10. The van der Waals surface area contributed by atoms with E-state index in [9.17, 15) is 9.59 Å². The lowest BCUT2D eigenvalue weighted by Gasteiger charge is -2.19. The highest BCUT2D eigenvalue weighted by atomic mass is 16.5. The zero-order valence-corrected chi connectivity index (χ0v) is 23.7. The first-order chi connectivity index (χ1) is 18.6. The lowest BCUT2D eigenvalue weighted by atomic mass is 10.0. The van der Waals surface area contributed by atoms with Gasteiger partial charge in [0.1, 0.15) is 18.1 Å². The molecule has 1 heterocycles. The predicted octanol–water partition coefficient (Wildman–Crippen LogP) is 5.35. The minimum absolute atomic E-state index is 0.0413. The van der Waals surface area contributed by atoms with Crippen LogP contribution >= 0.6 is 0 Å². The molecule has 7 nitrogen and oxygen atoms in total. The van der Waals surface area contributed by atoms with E-state index in [0.29, 0.717) is 34.0 Å². The van der Waals surface area contributed by atoms with Gasteiger partial charge < -0.3 is 15.0 Å². The summed E-state index contributed by atoms with van der Waals surface area (Å²) in [5, 5.41) is 3.35. The number of amides is 1. The standard InChI is InChI=1S/C32H38N4O3/c1-21(2)18-35(5)19-23-9-7-10-24(15-23)25-13-14-29-28(17-25)32(38)36(20-30(37)33-22(3)4)31(34-29)26-11-8-12-27(16-26)39-6/h7-17,21-22H,18-20H2,1-6H3,(H,33,37). The summed E-state index contributed by atoms with van der Waals surface area (Å²) in [7, 11) is 3.72. The van der Waals surface area contributed by atoms with E-state index in [0.717, 1.165) is 24.2 Å². The first kappa shape index (κ1) is 28.0. The molecule has 0 aliphatic carbocycles. The number of hydrogen-bond donors (Lipinski definition) is 1. The predicted molar refractivity (Wildman–Crippen MR) is 158 cm³/mol. The van der Waals surface area contributed by atoms with Crippen molar-refractivity contribution < 1.29 is 9.53 Å². The summed E-state index contributed by atoms with van der Waals surface area (Å²) < 4.78 is 6.84. The largest absolute Gasteiger partial charge is 0.497 e. The number of methoxy groups -OCH3 is 1. The fraction of sp³-hybridized carbons (Fsp3) is 0.344. The summed E-state index contributed by atoms with van der Waals surface area (Å²) in [6.45, 7) is 9.96. The van der Waals surface area contributed by atoms with Crippen molar-refractivity contribution in [1.29, 1.82) is 0 Å². The number of benzene rings is 3. The molecule has 0 aliphatic rings. The van der Waals surface area contributed by atoms with Gasteiger partial charge >= 0.3 is 0 Å². The number of fused-ring (bicyclic) bond motifs is 1. The van der Waals surface area contributed by atoms with Gasteiger partial charge in [0.2, 0.25) is 5.91 Å². The lowest BCUT2D eigenvalue weighted by Crippen LogP contribution is -2.37. The number of ether oxygens (including phenoxy) is 1. The summed E-state index contributed by atoms with van der Waals surface area (Å²) in [5.74, 6) is 1.42. The van der Waals surface area contributed by atoms with Gasteiger partial charge in [-0.3, -0.25) is 14.2 Å². The molecular weight excluding hydrogens is 488 g/mol. The third-order valence-electron chi connectivity index (χ3n) is 6.42. The second-order valence-electron chi connectivity index (χ2n) is 10.8. The van der Waals surface area contributed by atoms with E-state index >= 15 is 0 Å². The zero-order chi connectivity index (χ0) is 28.1. The first-order valence-electron chi connectivity index (χ1n) is 13.4. The monoisotopic (exact) mass is 526 g/mol. The summed E-state index contributed by atoms with van der Waals surface area (Å²) in [6.07, 6.45) is 0. The molecule has 0 bridgehead atoms. The van der Waals surface area contributed by atoms with E-state index < -0.39 is 0 Å². The van der Waals surface area contributed by atoms with Crippen LogP contribution in [0, 0.1) is 5.92 Å². The van der Waals surface area contributed by atoms with Gasteiger partial charge in [0.25, 0.3) is 5.56 Å². The van der Waals surface area contributed by atoms with Crippen molar-refractivity contribution in [3.05, 3.63) is 82.6 Å². The van der Waals surface area contributed by atoms with Crippen LogP contribution in [0.5, 0.6) is 5.75 Å². The van der Waals surface area contributed by atoms with Gasteiger partial charge in [-0.15, -0.1) is 0 Å². The van der Waals surface area contributed by atoms with E-state index in [1.807, 2.05) is 56.3 Å². The van der Waals surface area contributed by atoms with Gasteiger partial charge in [0.15, 0.2) is 0 Å². The summed E-state index contributed by atoms with van der Waals surface area (Å²) >= 11 is 0. The van der Waals surface area contributed by atoms with Crippen LogP contribution in [0.4, 0.5) is 0 Å². The Morgan fingerprint density at radius 3 is 2.41 bits per heavy atom. The molecule has 0 unspecified atom stereocenters. The molecule has 3 aromatic carbocycles. The van der Waals surface area contributed by atoms with Gasteiger partial charge in [-0.2, -0.15) is 0 Å². The van der Waals surface area contributed by atoms with Gasteiger partial charge in [-0.05, 0) is 73.8 Å². The van der Waals surface area contributed by atoms with Crippen molar-refractivity contribution in [3.63, 3.8) is 0 Å². The molecular formula is C32H38N4O3. The average Bonchev–Trinajstić information content (AvgIpc) is 2.89. The van der Waals surface area contributed by atoms with Gasteiger partial charge in [0.05, 0.1) is 18.0 Å². The van der Waals surface area contributed by atoms with Crippen LogP contribution < -0.4 is 15.6 Å². The van der Waals surface area contributed by atoms with Gasteiger partial charge in [-0.1, -0.05) is 50.2 Å². The zero-order valence-electron chi connectivity index (χ0n) is 23.7. The maximum absolute atomic E-state index is 13.9. The number of nitrogens with one attached hydrogen (secondary N) is 1. The topological polar surface area (TPSA) is 76.5 Å². The molecule has 4 rings (SSSR count). The molecule has 7 heteroatoms. The van der Waals surface area contributed by atoms with Crippen molar-refractivity contribution in [2.45, 2.75) is 46.8 Å². The molecule has 1 aromatic heterocycles. The maximum Gasteiger partial charge on any atom is 0.262 e. The van der Waals surface area contributed by atoms with Crippen molar-refractivity contribution >= 4 is 16.8 Å². The van der Waals surface area contributed by atoms with Crippen LogP contribution in [-0.4, -0.2) is 47.1 Å². The molecule has 0 saturated heterocycles. The summed E-state index contributed by atoms with van der Waals surface area (Å²) in [4.78, 5) is 33.8. The fourth-order valence-electron chi connectivity index (χ4n) is 4.89. The van der Waals surface area contributed by atoms with Crippen LogP contribution in [-0.2, 0) is 17.9 Å². The number of carbonyl (C=O) groups is 1. The second kappa shape index (κ2) is 12.3. The van der Waals surface area contributed by atoms with Crippen molar-refractivity contribution in [3.8, 4) is 28.3 Å². The van der Waals surface area contributed by atoms with E-state index in [1.54, 1.807) is 7.11 Å². The van der Waals surface area contributed by atoms with E-state index in [2.05, 4.69) is 55.4 Å². The van der Waals surface area contributed by atoms with Crippen molar-refractivity contribution in [2.75, 3.05) is 20.7 Å². The molecule has 4 aromatic rings. The van der Waals surface area contributed by atoms with Crippen LogP contribution in [0.2, 0.25) is 0 Å². The Kier molecular flexibility index (Phi) is 8.82. The van der Waals surface area contributed by atoms with Crippen molar-refractivity contribution in [2.24, 2.45) is 5.92 Å². The third-order valence-corrected chi connectivity index (χ3v) is 6.42. The summed E-state index contributed by atoms with van der Waals surface area (Å²) in [5.41, 5.74) is 4.20. The molecule has 1 N–H and O–H groups in total. The fourth-order valence-corrected chi connectivity index (χ4v) is 4.89. The highest BCUT2D eigenvalue weighted by Crippen LogP contribution is 2.27. The number of hydrogen-bond acceptors (Lipinski definition) is 5. The summed E-state index contributed by atoms with van der Waals surface area (Å²) in [6, 6.07) is 21.5. The number of aromatic nitrogens is 2. The number of nitrogens with zero attached hydrogens (tertiary/aromatic N) is 3. The van der Waals surface area contributed by atoms with E-state index in [1.165, 1.54) is 10.1 Å². The van der Waals surface area contributed by atoms with Gasteiger partial charge in [-0.25, -0.2) is 4.98 Å². The third kappa shape index (κ3) is 6.92. The molecule has 39 heavy (non-hydrogen) atoms. The first-order valence-corrected chi connectivity index (χ1v) is 13.4. The van der Waals surface area contributed by atoms with E-state index in [-0.39, 0.29) is 24.1 Å². The Hall–Kier alpha value is -3.97. The molecule has 0 spiro atoms. The average molecular weight is 527 g/mol. The quantitative estimate of drug-likeness (QED) is 0.301. The molecule has 0 atom stereocenters. The van der Waals surface area contributed by atoms with Crippen LogP contribution in [0.1, 0.15) is 33.3 Å². The molecule has 204 valence electrons. The Balaban J connectivity index is 1.79. The minimum atomic E-state index is -0.258. The normalized spacial score (nSPS) is 11.5. The van der Waals surface area contributed by atoms with E-state index in [4.69, 9.17) is 9.72 Å². The SMILES string of the molecule is COc1cccc(-c2nc3ccc(-c4cccc(CN(C)CC(C)C)c4)cc3c(=O)n2CC(=O)NC(C)C)c1. The molecule has 0 saturated carbocycles. The molecule has 0 aliphatic heterocycles. The molecule has 0 radical (unpaired) electrons. The maximum atomic E-state index is 13.9. The number of carbonyl (C=O) groups excluding carboxylic acids is 1.